The van der Waals surface area contributed by atoms with Crippen molar-refractivity contribution in [2.45, 2.75) is 32.4 Å². The fraction of sp³-hybridized carbons (Fsp3) is 0.364. The van der Waals surface area contributed by atoms with Crippen molar-refractivity contribution in [2.24, 2.45) is 0 Å². The summed E-state index contributed by atoms with van der Waals surface area (Å²) < 4.78 is 5.49. The smallest absolute Gasteiger partial charge is 0.257 e. The van der Waals surface area contributed by atoms with Crippen LogP contribution in [0.2, 0.25) is 0 Å². The number of hydrogen-bond donors (Lipinski definition) is 2. The van der Waals surface area contributed by atoms with Crippen LogP contribution in [0.3, 0.4) is 0 Å². The van der Waals surface area contributed by atoms with Gasteiger partial charge in [-0.1, -0.05) is 36.4 Å². The molecule has 0 aromatic heterocycles. The lowest BCUT2D eigenvalue weighted by molar-refractivity contribution is -0.123. The molecule has 0 bridgehead atoms. The highest BCUT2D eigenvalue weighted by Crippen LogP contribution is 2.23. The van der Waals surface area contributed by atoms with E-state index in [4.69, 9.17) is 4.74 Å². The zero-order chi connectivity index (χ0) is 19.8. The molecule has 6 nitrogen and oxygen atoms in total. The molecule has 2 N–H and O–H groups in total. The lowest BCUT2D eigenvalue weighted by Gasteiger charge is -2.23. The van der Waals surface area contributed by atoms with Gasteiger partial charge in [-0.2, -0.15) is 0 Å². The highest BCUT2D eigenvalue weighted by molar-refractivity contribution is 5.95. The van der Waals surface area contributed by atoms with Gasteiger partial charge in [-0.15, -0.1) is 0 Å². The van der Waals surface area contributed by atoms with Gasteiger partial charge in [-0.05, 0) is 44.0 Å². The van der Waals surface area contributed by atoms with E-state index < -0.39 is 0 Å². The molecule has 1 unspecified atom stereocenters. The predicted octanol–water partition coefficient (Wildman–Crippen LogP) is 2.80. The van der Waals surface area contributed by atoms with Gasteiger partial charge >= 0.3 is 0 Å². The second-order valence-corrected chi connectivity index (χ2v) is 6.87. The number of rotatable bonds is 8. The Hall–Kier alpha value is -2.86. The SMILES string of the molecule is CCNC(=O)COc1cccc(NC(=O)C2CCCN2Cc2ccccc2)c1. The van der Waals surface area contributed by atoms with Crippen molar-refractivity contribution in [3.05, 3.63) is 60.2 Å². The quantitative estimate of drug-likeness (QED) is 0.738. The summed E-state index contributed by atoms with van der Waals surface area (Å²) in [7, 11) is 0. The fourth-order valence-corrected chi connectivity index (χ4v) is 3.42. The highest BCUT2D eigenvalue weighted by atomic mass is 16.5. The molecule has 3 rings (SSSR count). The lowest BCUT2D eigenvalue weighted by Crippen LogP contribution is -2.39. The average Bonchev–Trinajstić information content (AvgIpc) is 3.16. The van der Waals surface area contributed by atoms with Crippen molar-refractivity contribution >= 4 is 17.5 Å². The molecular formula is C22H27N3O3. The second kappa shape index (κ2) is 9.90. The summed E-state index contributed by atoms with van der Waals surface area (Å²) in [6.07, 6.45) is 1.87. The molecule has 28 heavy (non-hydrogen) atoms. The van der Waals surface area contributed by atoms with Gasteiger partial charge in [-0.3, -0.25) is 14.5 Å². The van der Waals surface area contributed by atoms with Gasteiger partial charge in [0.15, 0.2) is 6.61 Å². The Labute approximate surface area is 165 Å². The van der Waals surface area contributed by atoms with Gasteiger partial charge in [0.2, 0.25) is 5.91 Å². The van der Waals surface area contributed by atoms with Crippen LogP contribution in [0, 0.1) is 0 Å². The normalized spacial score (nSPS) is 16.5. The third kappa shape index (κ3) is 5.57. The van der Waals surface area contributed by atoms with Crippen molar-refractivity contribution < 1.29 is 14.3 Å². The molecular weight excluding hydrogens is 354 g/mol. The second-order valence-electron chi connectivity index (χ2n) is 6.87. The molecule has 0 saturated carbocycles. The Morgan fingerprint density at radius 3 is 2.75 bits per heavy atom. The maximum Gasteiger partial charge on any atom is 0.257 e. The Morgan fingerprint density at radius 2 is 1.96 bits per heavy atom. The van der Waals surface area contributed by atoms with Gasteiger partial charge in [0, 0.05) is 24.8 Å². The Bertz CT molecular complexity index is 795. The fourth-order valence-electron chi connectivity index (χ4n) is 3.42. The number of nitrogens with zero attached hydrogens (tertiary/aromatic N) is 1. The van der Waals surface area contributed by atoms with E-state index in [1.807, 2.05) is 31.2 Å². The first-order valence-corrected chi connectivity index (χ1v) is 9.74. The molecule has 2 aromatic carbocycles. The number of benzene rings is 2. The van der Waals surface area contributed by atoms with Gasteiger partial charge in [0.1, 0.15) is 5.75 Å². The summed E-state index contributed by atoms with van der Waals surface area (Å²) in [5, 5.41) is 5.68. The van der Waals surface area contributed by atoms with Crippen LogP contribution in [-0.4, -0.2) is 42.5 Å². The summed E-state index contributed by atoms with van der Waals surface area (Å²) in [5.74, 6) is 0.380. The molecule has 1 aliphatic heterocycles. The first kappa shape index (κ1) is 19.9. The van der Waals surface area contributed by atoms with Crippen molar-refractivity contribution in [3.8, 4) is 5.75 Å². The number of carbonyl (C=O) groups is 2. The number of anilines is 1. The number of hydrogen-bond acceptors (Lipinski definition) is 4. The van der Waals surface area contributed by atoms with E-state index in [0.29, 0.717) is 18.0 Å². The highest BCUT2D eigenvalue weighted by Gasteiger charge is 2.30. The summed E-state index contributed by atoms with van der Waals surface area (Å²) in [4.78, 5) is 26.6. The van der Waals surface area contributed by atoms with E-state index in [9.17, 15) is 9.59 Å². The van der Waals surface area contributed by atoms with Crippen molar-refractivity contribution in [3.63, 3.8) is 0 Å². The molecule has 0 spiro atoms. The summed E-state index contributed by atoms with van der Waals surface area (Å²) >= 11 is 0. The molecule has 2 amide bonds. The van der Waals surface area contributed by atoms with Crippen molar-refractivity contribution in [2.75, 3.05) is 25.0 Å². The molecule has 6 heteroatoms. The Morgan fingerprint density at radius 1 is 1.14 bits per heavy atom. The summed E-state index contributed by atoms with van der Waals surface area (Å²) in [5.41, 5.74) is 1.88. The maximum atomic E-state index is 12.8. The number of amides is 2. The standard InChI is InChI=1S/C22H27N3O3/c1-2-23-21(26)16-28-19-11-6-10-18(14-19)24-22(27)20-12-7-13-25(20)15-17-8-4-3-5-9-17/h3-6,8-11,14,20H,2,7,12-13,15-16H2,1H3,(H,23,26)(H,24,27). The van der Waals surface area contributed by atoms with Gasteiger partial charge < -0.3 is 15.4 Å². The van der Waals surface area contributed by atoms with Crippen LogP contribution < -0.4 is 15.4 Å². The molecule has 0 aliphatic carbocycles. The van der Waals surface area contributed by atoms with E-state index in [1.165, 1.54) is 5.56 Å². The minimum atomic E-state index is -0.167. The maximum absolute atomic E-state index is 12.8. The average molecular weight is 381 g/mol. The number of carbonyl (C=O) groups excluding carboxylic acids is 2. The minimum absolute atomic E-state index is 0.00527. The monoisotopic (exact) mass is 381 g/mol. The minimum Gasteiger partial charge on any atom is -0.484 e. The van der Waals surface area contributed by atoms with Crippen molar-refractivity contribution in [1.29, 1.82) is 0 Å². The number of nitrogens with one attached hydrogen (secondary N) is 2. The van der Waals surface area contributed by atoms with Crippen LogP contribution in [0.25, 0.3) is 0 Å². The van der Waals surface area contributed by atoms with Gasteiger partial charge in [-0.25, -0.2) is 0 Å². The zero-order valence-corrected chi connectivity index (χ0v) is 16.2. The van der Waals surface area contributed by atoms with Gasteiger partial charge in [0.25, 0.3) is 5.91 Å². The lowest BCUT2D eigenvalue weighted by atomic mass is 10.1. The molecule has 1 heterocycles. The van der Waals surface area contributed by atoms with Crippen LogP contribution in [-0.2, 0) is 16.1 Å². The largest absolute Gasteiger partial charge is 0.484 e. The predicted molar refractivity (Wildman–Crippen MR) is 109 cm³/mol. The number of ether oxygens (including phenoxy) is 1. The van der Waals surface area contributed by atoms with Crippen LogP contribution in [0.15, 0.2) is 54.6 Å². The molecule has 0 radical (unpaired) electrons. The molecule has 1 atom stereocenters. The third-order valence-electron chi connectivity index (χ3n) is 4.74. The first-order valence-electron chi connectivity index (χ1n) is 9.74. The molecule has 148 valence electrons. The van der Waals surface area contributed by atoms with Crippen LogP contribution in [0.4, 0.5) is 5.69 Å². The van der Waals surface area contributed by atoms with E-state index in [1.54, 1.807) is 18.2 Å². The van der Waals surface area contributed by atoms with E-state index in [2.05, 4.69) is 27.7 Å². The van der Waals surface area contributed by atoms with Crippen molar-refractivity contribution in [1.82, 2.24) is 10.2 Å². The Kier molecular flexibility index (Phi) is 7.03. The summed E-state index contributed by atoms with van der Waals surface area (Å²) in [6.45, 7) is 4.08. The van der Waals surface area contributed by atoms with Crippen LogP contribution >= 0.6 is 0 Å². The summed E-state index contributed by atoms with van der Waals surface area (Å²) in [6, 6.07) is 17.2. The van der Waals surface area contributed by atoms with E-state index >= 15 is 0 Å². The zero-order valence-electron chi connectivity index (χ0n) is 16.2. The third-order valence-corrected chi connectivity index (χ3v) is 4.74. The molecule has 1 aliphatic rings. The molecule has 1 saturated heterocycles. The van der Waals surface area contributed by atoms with Gasteiger partial charge in [0.05, 0.1) is 6.04 Å². The Balaban J connectivity index is 1.57. The topological polar surface area (TPSA) is 70.7 Å². The van der Waals surface area contributed by atoms with Crippen LogP contribution in [0.1, 0.15) is 25.3 Å². The first-order chi connectivity index (χ1) is 13.7. The number of likely N-dealkylation sites (tertiary alicyclic amines) is 1. The molecule has 2 aromatic rings. The van der Waals surface area contributed by atoms with E-state index in [0.717, 1.165) is 25.9 Å². The van der Waals surface area contributed by atoms with Crippen LogP contribution in [0.5, 0.6) is 5.75 Å². The number of likely N-dealkylation sites (N-methyl/N-ethyl adjacent to an activating group) is 1. The van der Waals surface area contributed by atoms with E-state index in [-0.39, 0.29) is 24.5 Å². The molecule has 1 fully saturated rings.